The van der Waals surface area contributed by atoms with Crippen LogP contribution in [0.4, 0.5) is 5.82 Å². The molecule has 2 aliphatic rings. The van der Waals surface area contributed by atoms with Crippen LogP contribution in [0.3, 0.4) is 0 Å². The molecule has 2 aliphatic carbocycles. The van der Waals surface area contributed by atoms with Crippen molar-refractivity contribution in [3.05, 3.63) is 5.69 Å². The minimum Gasteiger partial charge on any atom is -0.382 e. The summed E-state index contributed by atoms with van der Waals surface area (Å²) < 4.78 is 2.01. The van der Waals surface area contributed by atoms with Crippen LogP contribution in [0.25, 0.3) is 0 Å². The minimum atomic E-state index is 0.499. The van der Waals surface area contributed by atoms with E-state index in [9.17, 15) is 0 Å². The Morgan fingerprint density at radius 2 is 1.65 bits per heavy atom. The highest BCUT2D eigenvalue weighted by atomic mass is 15.5. The Labute approximate surface area is 103 Å². The zero-order chi connectivity index (χ0) is 11.7. The fourth-order valence-electron chi connectivity index (χ4n) is 3.06. The van der Waals surface area contributed by atoms with Crippen molar-refractivity contribution in [1.29, 1.82) is 0 Å². The first kappa shape index (κ1) is 11.1. The van der Waals surface area contributed by atoms with E-state index in [1.54, 1.807) is 0 Å². The smallest absolute Gasteiger partial charge is 0.146 e. The monoisotopic (exact) mass is 234 g/mol. The molecule has 2 fully saturated rings. The minimum absolute atomic E-state index is 0.499. The topological polar surface area (TPSA) is 56.7 Å². The van der Waals surface area contributed by atoms with Crippen LogP contribution in [0.5, 0.6) is 0 Å². The Morgan fingerprint density at radius 3 is 2.24 bits per heavy atom. The number of anilines is 1. The maximum absolute atomic E-state index is 6.23. The summed E-state index contributed by atoms with van der Waals surface area (Å²) in [5, 5.41) is 8.66. The molecular weight excluding hydrogens is 212 g/mol. The fourth-order valence-corrected chi connectivity index (χ4v) is 3.06. The normalized spacial score (nSPS) is 23.3. The molecule has 2 N–H and O–H groups in total. The summed E-state index contributed by atoms with van der Waals surface area (Å²) >= 11 is 0. The maximum Gasteiger partial charge on any atom is 0.146 e. The van der Waals surface area contributed by atoms with Crippen LogP contribution >= 0.6 is 0 Å². The third kappa shape index (κ3) is 2.05. The van der Waals surface area contributed by atoms with Crippen LogP contribution in [0, 0.1) is 0 Å². The molecule has 2 saturated carbocycles. The molecule has 94 valence electrons. The highest BCUT2D eigenvalue weighted by Gasteiger charge is 2.27. The van der Waals surface area contributed by atoms with Gasteiger partial charge in [-0.3, -0.25) is 0 Å². The summed E-state index contributed by atoms with van der Waals surface area (Å²) in [5.41, 5.74) is 7.30. The Balaban J connectivity index is 1.79. The van der Waals surface area contributed by atoms with Crippen molar-refractivity contribution in [1.82, 2.24) is 15.0 Å². The summed E-state index contributed by atoms with van der Waals surface area (Å²) in [4.78, 5) is 0. The van der Waals surface area contributed by atoms with Crippen LogP contribution < -0.4 is 5.73 Å². The molecule has 1 aromatic rings. The van der Waals surface area contributed by atoms with Gasteiger partial charge in [0.05, 0.1) is 6.04 Å². The predicted octanol–water partition coefficient (Wildman–Crippen LogP) is 3.02. The molecule has 0 radical (unpaired) electrons. The van der Waals surface area contributed by atoms with Gasteiger partial charge in [-0.2, -0.15) is 0 Å². The predicted molar refractivity (Wildman–Crippen MR) is 67.8 cm³/mol. The highest BCUT2D eigenvalue weighted by molar-refractivity contribution is 5.38. The highest BCUT2D eigenvalue weighted by Crippen LogP contribution is 2.39. The molecule has 0 saturated heterocycles. The van der Waals surface area contributed by atoms with Gasteiger partial charge in [0.15, 0.2) is 0 Å². The van der Waals surface area contributed by atoms with Crippen LogP contribution in [0.1, 0.15) is 75.4 Å². The third-order valence-corrected chi connectivity index (χ3v) is 4.42. The first-order chi connectivity index (χ1) is 8.36. The second-order valence-corrected chi connectivity index (χ2v) is 5.58. The van der Waals surface area contributed by atoms with Crippen molar-refractivity contribution >= 4 is 5.82 Å². The van der Waals surface area contributed by atoms with Gasteiger partial charge in [-0.15, -0.1) is 5.10 Å². The number of hydrogen-bond acceptors (Lipinski definition) is 3. The number of rotatable bonds is 2. The molecule has 0 unspecified atom stereocenters. The van der Waals surface area contributed by atoms with Crippen molar-refractivity contribution in [2.75, 3.05) is 5.73 Å². The Kier molecular flexibility index (Phi) is 3.04. The van der Waals surface area contributed by atoms with E-state index in [1.165, 1.54) is 57.8 Å². The zero-order valence-corrected chi connectivity index (χ0v) is 10.4. The summed E-state index contributed by atoms with van der Waals surface area (Å²) in [5.74, 6) is 1.44. The lowest BCUT2D eigenvalue weighted by Gasteiger charge is -2.23. The largest absolute Gasteiger partial charge is 0.382 e. The zero-order valence-electron chi connectivity index (χ0n) is 10.4. The summed E-state index contributed by atoms with van der Waals surface area (Å²) in [7, 11) is 0. The van der Waals surface area contributed by atoms with E-state index < -0.39 is 0 Å². The molecule has 0 aliphatic heterocycles. The Hall–Kier alpha value is -1.06. The second-order valence-electron chi connectivity index (χ2n) is 5.58. The lowest BCUT2D eigenvalue weighted by molar-refractivity contribution is 0.401. The molecule has 0 aromatic carbocycles. The third-order valence-electron chi connectivity index (χ3n) is 4.42. The van der Waals surface area contributed by atoms with E-state index in [1.807, 2.05) is 4.68 Å². The Bertz CT molecular complexity index is 373. The van der Waals surface area contributed by atoms with Crippen molar-refractivity contribution in [3.8, 4) is 0 Å². The molecule has 4 nitrogen and oxygen atoms in total. The van der Waals surface area contributed by atoms with E-state index in [0.29, 0.717) is 12.0 Å². The fraction of sp³-hybridized carbons (Fsp3) is 0.846. The number of nitrogens with two attached hydrogens (primary N) is 1. The number of nitrogens with zero attached hydrogens (tertiary/aromatic N) is 3. The average Bonchev–Trinajstić information content (AvgIpc) is 2.53. The van der Waals surface area contributed by atoms with Gasteiger partial charge in [-0.25, -0.2) is 4.68 Å². The van der Waals surface area contributed by atoms with E-state index in [2.05, 4.69) is 10.3 Å². The van der Waals surface area contributed by atoms with E-state index in [-0.39, 0.29) is 0 Å². The second kappa shape index (κ2) is 4.67. The van der Waals surface area contributed by atoms with Crippen molar-refractivity contribution < 1.29 is 0 Å². The molecule has 0 amide bonds. The lowest BCUT2D eigenvalue weighted by atomic mass is 9.83. The van der Waals surface area contributed by atoms with Gasteiger partial charge in [0, 0.05) is 5.92 Å². The molecule has 4 heteroatoms. The number of aromatic nitrogens is 3. The Morgan fingerprint density at radius 1 is 0.941 bits per heavy atom. The van der Waals surface area contributed by atoms with E-state index in [4.69, 9.17) is 5.73 Å². The van der Waals surface area contributed by atoms with Crippen LogP contribution in [0.2, 0.25) is 0 Å². The van der Waals surface area contributed by atoms with Gasteiger partial charge < -0.3 is 5.73 Å². The van der Waals surface area contributed by atoms with Crippen molar-refractivity contribution in [2.24, 2.45) is 0 Å². The van der Waals surface area contributed by atoms with Gasteiger partial charge in [0.25, 0.3) is 0 Å². The molecule has 0 atom stereocenters. The maximum atomic E-state index is 6.23. The number of nitrogen functional groups attached to an aromatic ring is 1. The molecule has 0 bridgehead atoms. The van der Waals surface area contributed by atoms with E-state index in [0.717, 1.165) is 11.5 Å². The SMILES string of the molecule is Nc1c(C2CCC2)nnn1C1CCCCCC1. The summed E-state index contributed by atoms with van der Waals surface area (Å²) in [6.07, 6.45) is 11.6. The van der Waals surface area contributed by atoms with Crippen LogP contribution in [0.15, 0.2) is 0 Å². The van der Waals surface area contributed by atoms with Gasteiger partial charge >= 0.3 is 0 Å². The standard InChI is InChI=1S/C13H22N4/c14-13-12(10-6-5-7-10)15-16-17(13)11-8-3-1-2-4-9-11/h10-11H,1-9,14H2. The van der Waals surface area contributed by atoms with Gasteiger partial charge in [0.2, 0.25) is 0 Å². The molecule has 0 spiro atoms. The van der Waals surface area contributed by atoms with Gasteiger partial charge in [-0.05, 0) is 25.7 Å². The first-order valence-electron chi connectivity index (χ1n) is 7.07. The molecule has 1 heterocycles. The van der Waals surface area contributed by atoms with Gasteiger partial charge in [-0.1, -0.05) is 37.3 Å². The molecule has 1 aromatic heterocycles. The summed E-state index contributed by atoms with van der Waals surface area (Å²) in [6, 6.07) is 0.499. The lowest BCUT2D eigenvalue weighted by Crippen LogP contribution is -2.15. The van der Waals surface area contributed by atoms with Crippen LogP contribution in [-0.4, -0.2) is 15.0 Å². The average molecular weight is 234 g/mol. The molecular formula is C13H22N4. The van der Waals surface area contributed by atoms with Crippen LogP contribution in [-0.2, 0) is 0 Å². The van der Waals surface area contributed by atoms with Crippen molar-refractivity contribution in [3.63, 3.8) is 0 Å². The van der Waals surface area contributed by atoms with Crippen molar-refractivity contribution in [2.45, 2.75) is 69.7 Å². The molecule has 17 heavy (non-hydrogen) atoms. The summed E-state index contributed by atoms with van der Waals surface area (Å²) in [6.45, 7) is 0. The van der Waals surface area contributed by atoms with E-state index >= 15 is 0 Å². The number of hydrogen-bond donors (Lipinski definition) is 1. The first-order valence-corrected chi connectivity index (χ1v) is 7.07. The molecule has 3 rings (SSSR count). The van der Waals surface area contributed by atoms with Gasteiger partial charge in [0.1, 0.15) is 11.5 Å². The quantitative estimate of drug-likeness (QED) is 0.800.